The number of aromatic nitrogens is 5. The molecule has 0 aliphatic carbocycles. The molecule has 5 aromatic rings. The Morgan fingerprint density at radius 3 is 2.66 bits per heavy atom. The van der Waals surface area contributed by atoms with Crippen molar-refractivity contribution in [1.29, 1.82) is 0 Å². The van der Waals surface area contributed by atoms with E-state index < -0.39 is 28.7 Å². The summed E-state index contributed by atoms with van der Waals surface area (Å²) < 4.78 is 43.9. The van der Waals surface area contributed by atoms with Crippen molar-refractivity contribution in [3.8, 4) is 17.3 Å². The summed E-state index contributed by atoms with van der Waals surface area (Å²) in [6, 6.07) is 8.11. The lowest BCUT2D eigenvalue weighted by molar-refractivity contribution is -0.119. The highest BCUT2D eigenvalue weighted by molar-refractivity contribution is 6.09. The molecule has 0 fully saturated rings. The number of nitrogens with zero attached hydrogens (tertiary/aromatic N) is 5. The summed E-state index contributed by atoms with van der Waals surface area (Å²) in [7, 11) is 0. The Morgan fingerprint density at radius 2 is 1.89 bits per heavy atom. The Morgan fingerprint density at radius 1 is 1.11 bits per heavy atom. The van der Waals surface area contributed by atoms with E-state index in [4.69, 9.17) is 5.73 Å². The molecule has 4 heterocycles. The molecule has 0 bridgehead atoms. The summed E-state index contributed by atoms with van der Waals surface area (Å²) >= 11 is 0. The number of halogens is 3. The van der Waals surface area contributed by atoms with Crippen LogP contribution in [0.15, 0.2) is 55.0 Å². The maximum atomic E-state index is 14.4. The van der Waals surface area contributed by atoms with Crippen LogP contribution in [-0.2, 0) is 16.6 Å². The Labute approximate surface area is 212 Å². The number of fused-ring (bicyclic) bond motifs is 2. The minimum absolute atomic E-state index is 0.0293. The van der Waals surface area contributed by atoms with Crippen LogP contribution in [0, 0.1) is 17.5 Å². The first kappa shape index (κ1) is 23.4. The van der Waals surface area contributed by atoms with Gasteiger partial charge in [0.1, 0.15) is 28.6 Å². The highest BCUT2D eigenvalue weighted by Crippen LogP contribution is 2.46. The number of nitrogens with two attached hydrogens (primary N) is 1. The van der Waals surface area contributed by atoms with Crippen molar-refractivity contribution in [3.05, 3.63) is 94.8 Å². The molecule has 3 aromatic heterocycles. The molecule has 190 valence electrons. The minimum atomic E-state index is -1.61. The maximum Gasteiger partial charge on any atom is 0.240 e. The first-order valence-electron chi connectivity index (χ1n) is 11.4. The Balaban J connectivity index is 1.47. The Kier molecular flexibility index (Phi) is 5.09. The average Bonchev–Trinajstić information content (AvgIpc) is 3.46. The molecule has 6 rings (SSSR count). The van der Waals surface area contributed by atoms with E-state index in [0.717, 1.165) is 12.1 Å². The van der Waals surface area contributed by atoms with E-state index in [1.54, 1.807) is 41.2 Å². The van der Waals surface area contributed by atoms with Crippen LogP contribution in [0.4, 0.5) is 24.8 Å². The molecule has 1 amide bonds. The van der Waals surface area contributed by atoms with Gasteiger partial charge in [-0.2, -0.15) is 4.39 Å². The molecule has 0 saturated carbocycles. The van der Waals surface area contributed by atoms with Crippen molar-refractivity contribution < 1.29 is 23.1 Å². The van der Waals surface area contributed by atoms with E-state index >= 15 is 0 Å². The van der Waals surface area contributed by atoms with Gasteiger partial charge in [0.25, 0.3) is 0 Å². The highest BCUT2D eigenvalue weighted by atomic mass is 19.2. The van der Waals surface area contributed by atoms with E-state index in [-0.39, 0.29) is 46.5 Å². The van der Waals surface area contributed by atoms with Gasteiger partial charge in [-0.1, -0.05) is 18.2 Å². The number of nitrogen functional groups attached to an aromatic ring is 1. The number of phenols is 1. The molecule has 12 heteroatoms. The third-order valence-corrected chi connectivity index (χ3v) is 6.70. The number of anilines is 2. The fraction of sp³-hybridized carbons (Fsp3) is 0.115. The number of hydrogen-bond acceptors (Lipinski definition) is 7. The molecule has 0 unspecified atom stereocenters. The third-order valence-electron chi connectivity index (χ3n) is 6.70. The van der Waals surface area contributed by atoms with Gasteiger partial charge in [-0.05, 0) is 36.2 Å². The lowest BCUT2D eigenvalue weighted by Gasteiger charge is -2.23. The first-order valence-corrected chi connectivity index (χ1v) is 11.4. The van der Waals surface area contributed by atoms with Gasteiger partial charge in [-0.3, -0.25) is 4.79 Å². The summed E-state index contributed by atoms with van der Waals surface area (Å²) in [4.78, 5) is 30.8. The van der Waals surface area contributed by atoms with Crippen molar-refractivity contribution in [1.82, 2.24) is 24.3 Å². The molecular formula is C26H18F3N7O2. The normalized spacial score (nSPS) is 16.6. The van der Waals surface area contributed by atoms with E-state index in [0.29, 0.717) is 16.9 Å². The quantitative estimate of drug-likeness (QED) is 0.331. The summed E-state index contributed by atoms with van der Waals surface area (Å²) in [6.45, 7) is 1.45. The first-order chi connectivity index (χ1) is 18.2. The van der Waals surface area contributed by atoms with Crippen molar-refractivity contribution in [2.45, 2.75) is 18.8 Å². The van der Waals surface area contributed by atoms with Gasteiger partial charge in [0.15, 0.2) is 28.9 Å². The van der Waals surface area contributed by atoms with Crippen molar-refractivity contribution in [2.24, 2.45) is 0 Å². The molecule has 1 aliphatic heterocycles. The zero-order valence-corrected chi connectivity index (χ0v) is 19.7. The lowest BCUT2D eigenvalue weighted by Crippen LogP contribution is -2.33. The van der Waals surface area contributed by atoms with Crippen LogP contribution in [0.1, 0.15) is 29.3 Å². The van der Waals surface area contributed by atoms with Gasteiger partial charge in [-0.15, -0.1) is 0 Å². The lowest BCUT2D eigenvalue weighted by atomic mass is 9.77. The van der Waals surface area contributed by atoms with Crippen molar-refractivity contribution in [3.63, 3.8) is 0 Å². The molecule has 2 aromatic carbocycles. The highest BCUT2D eigenvalue weighted by Gasteiger charge is 2.48. The predicted octanol–water partition coefficient (Wildman–Crippen LogP) is 3.74. The summed E-state index contributed by atoms with van der Waals surface area (Å²) in [5.74, 6) is -4.66. The van der Waals surface area contributed by atoms with Crippen LogP contribution in [0.25, 0.3) is 17.2 Å². The number of nitrogens with one attached hydrogen (secondary N) is 1. The van der Waals surface area contributed by atoms with E-state index in [9.17, 15) is 23.1 Å². The van der Waals surface area contributed by atoms with Gasteiger partial charge < -0.3 is 20.6 Å². The standard InChI is InChI=1S/C26H18F3N7O2/c1-26(13-9-15(28)20(29)18(37)10-13)19-21(30)33-22(34-23(19)35-25(26)38)17-11-36-7-6-31-24(36)16(32-17)8-12-4-2-3-5-14(12)27/h2-7,9-11,37H,8H2,1H3,(H3,30,33,34,35,38)/t26-/m1/s1. The number of imidazole rings is 1. The average molecular weight is 517 g/mol. The molecule has 0 radical (unpaired) electrons. The largest absolute Gasteiger partial charge is 0.505 e. The second kappa shape index (κ2) is 8.26. The van der Waals surface area contributed by atoms with Gasteiger partial charge >= 0.3 is 0 Å². The van der Waals surface area contributed by atoms with Crippen LogP contribution < -0.4 is 11.1 Å². The SMILES string of the molecule is C[C@]1(c2cc(O)c(F)c(F)c2)C(=O)Nc2nc(-c3cn4ccnc4c(Cc4ccccc4F)n3)nc(N)c21. The zero-order chi connectivity index (χ0) is 26.8. The fourth-order valence-corrected chi connectivity index (χ4v) is 4.71. The molecule has 38 heavy (non-hydrogen) atoms. The number of amides is 1. The number of benzene rings is 2. The smallest absolute Gasteiger partial charge is 0.240 e. The van der Waals surface area contributed by atoms with Crippen LogP contribution in [0.3, 0.4) is 0 Å². The van der Waals surface area contributed by atoms with E-state index in [1.807, 2.05) is 0 Å². The van der Waals surface area contributed by atoms with Crippen molar-refractivity contribution >= 4 is 23.2 Å². The Bertz CT molecular complexity index is 1770. The molecular weight excluding hydrogens is 499 g/mol. The second-order valence-electron chi connectivity index (χ2n) is 9.03. The second-order valence-corrected chi connectivity index (χ2v) is 9.03. The van der Waals surface area contributed by atoms with E-state index in [2.05, 4.69) is 25.3 Å². The fourth-order valence-electron chi connectivity index (χ4n) is 4.71. The maximum absolute atomic E-state index is 14.4. The number of rotatable bonds is 4. The predicted molar refractivity (Wildman–Crippen MR) is 131 cm³/mol. The van der Waals surface area contributed by atoms with Crippen molar-refractivity contribution in [2.75, 3.05) is 11.1 Å². The molecule has 0 saturated heterocycles. The number of phenolic OH excluding ortho intramolecular Hbond substituents is 1. The molecule has 9 nitrogen and oxygen atoms in total. The third kappa shape index (κ3) is 3.44. The summed E-state index contributed by atoms with van der Waals surface area (Å²) in [6.07, 6.45) is 5.04. The van der Waals surface area contributed by atoms with Crippen LogP contribution in [0.2, 0.25) is 0 Å². The topological polar surface area (TPSA) is 131 Å². The van der Waals surface area contributed by atoms with Crippen LogP contribution in [-0.4, -0.2) is 35.4 Å². The number of hydrogen-bond donors (Lipinski definition) is 3. The van der Waals surface area contributed by atoms with Crippen LogP contribution >= 0.6 is 0 Å². The minimum Gasteiger partial charge on any atom is -0.505 e. The molecule has 1 aliphatic rings. The molecule has 1 atom stereocenters. The van der Waals surface area contributed by atoms with Gasteiger partial charge in [0.2, 0.25) is 5.91 Å². The number of aromatic hydroxyl groups is 1. The van der Waals surface area contributed by atoms with Crippen LogP contribution in [0.5, 0.6) is 5.75 Å². The van der Waals surface area contributed by atoms with Gasteiger partial charge in [-0.25, -0.2) is 28.7 Å². The van der Waals surface area contributed by atoms with Gasteiger partial charge in [0, 0.05) is 25.0 Å². The molecule has 4 N–H and O–H groups in total. The molecule has 0 spiro atoms. The number of carbonyl (C=O) groups excluding carboxylic acids is 1. The summed E-state index contributed by atoms with van der Waals surface area (Å²) in [5, 5.41) is 12.4. The number of carbonyl (C=O) groups is 1. The van der Waals surface area contributed by atoms with E-state index in [1.165, 1.54) is 13.0 Å². The summed E-state index contributed by atoms with van der Waals surface area (Å²) in [5.41, 5.74) is 6.49. The zero-order valence-electron chi connectivity index (χ0n) is 19.7. The van der Waals surface area contributed by atoms with Gasteiger partial charge in [0.05, 0.1) is 11.3 Å². The monoisotopic (exact) mass is 517 g/mol. The Hall–Kier alpha value is -5.00.